The molecule has 90 valence electrons. The van der Waals surface area contributed by atoms with Crippen LogP contribution in [0.5, 0.6) is 0 Å². The van der Waals surface area contributed by atoms with Crippen molar-refractivity contribution in [3.8, 4) is 0 Å². The number of nitrogens with one attached hydrogen (secondary N) is 1. The van der Waals surface area contributed by atoms with E-state index < -0.39 is 0 Å². The first-order chi connectivity index (χ1) is 7.77. The van der Waals surface area contributed by atoms with Crippen molar-refractivity contribution >= 4 is 0 Å². The zero-order valence-electron chi connectivity index (χ0n) is 10.3. The number of imidazole rings is 1. The quantitative estimate of drug-likeness (QED) is 0.695. The maximum atomic E-state index is 4.20. The fourth-order valence-electron chi connectivity index (χ4n) is 1.92. The minimum absolute atomic E-state index is 0.873. The molecule has 4 heteroatoms. The SMILES string of the molecule is Cc1nccn1CCNCCN(C)C1CC1. The van der Waals surface area contributed by atoms with Crippen molar-refractivity contribution in [2.45, 2.75) is 32.4 Å². The number of rotatable bonds is 7. The van der Waals surface area contributed by atoms with E-state index in [1.165, 1.54) is 12.8 Å². The van der Waals surface area contributed by atoms with Gasteiger partial charge in [-0.05, 0) is 26.8 Å². The van der Waals surface area contributed by atoms with Crippen LogP contribution < -0.4 is 5.32 Å². The first kappa shape index (κ1) is 11.6. The van der Waals surface area contributed by atoms with Gasteiger partial charge in [-0.3, -0.25) is 0 Å². The lowest BCUT2D eigenvalue weighted by molar-refractivity contribution is 0.321. The average Bonchev–Trinajstić information content (AvgIpc) is 3.04. The summed E-state index contributed by atoms with van der Waals surface area (Å²) < 4.78 is 2.18. The van der Waals surface area contributed by atoms with Crippen LogP contribution in [-0.4, -0.2) is 47.2 Å². The second-order valence-electron chi connectivity index (χ2n) is 4.63. The summed E-state index contributed by atoms with van der Waals surface area (Å²) in [6, 6.07) is 0.873. The number of nitrogens with zero attached hydrogens (tertiary/aromatic N) is 3. The highest BCUT2D eigenvalue weighted by molar-refractivity contribution is 4.88. The largest absolute Gasteiger partial charge is 0.334 e. The highest BCUT2D eigenvalue weighted by Gasteiger charge is 2.25. The van der Waals surface area contributed by atoms with Crippen molar-refractivity contribution in [1.29, 1.82) is 0 Å². The van der Waals surface area contributed by atoms with Crippen LogP contribution in [0.3, 0.4) is 0 Å². The van der Waals surface area contributed by atoms with Gasteiger partial charge in [-0.1, -0.05) is 0 Å². The third kappa shape index (κ3) is 3.32. The second kappa shape index (κ2) is 5.46. The number of aryl methyl sites for hydroxylation is 1. The molecule has 1 aromatic rings. The smallest absolute Gasteiger partial charge is 0.105 e. The molecule has 4 nitrogen and oxygen atoms in total. The number of aromatic nitrogens is 2. The second-order valence-corrected chi connectivity index (χ2v) is 4.63. The molecule has 1 fully saturated rings. The van der Waals surface area contributed by atoms with Crippen LogP contribution in [0, 0.1) is 6.92 Å². The topological polar surface area (TPSA) is 33.1 Å². The van der Waals surface area contributed by atoms with Gasteiger partial charge in [0, 0.05) is 44.6 Å². The molecule has 1 aliphatic carbocycles. The summed E-state index contributed by atoms with van der Waals surface area (Å²) in [5.74, 6) is 1.09. The monoisotopic (exact) mass is 222 g/mol. The summed E-state index contributed by atoms with van der Waals surface area (Å²) in [4.78, 5) is 6.66. The van der Waals surface area contributed by atoms with E-state index in [2.05, 4.69) is 26.8 Å². The summed E-state index contributed by atoms with van der Waals surface area (Å²) in [6.07, 6.45) is 6.68. The maximum Gasteiger partial charge on any atom is 0.105 e. The molecule has 0 bridgehead atoms. The third-order valence-electron chi connectivity index (χ3n) is 3.26. The highest BCUT2D eigenvalue weighted by atomic mass is 15.2. The molecule has 1 heterocycles. The van der Waals surface area contributed by atoms with Gasteiger partial charge in [-0.2, -0.15) is 0 Å². The Morgan fingerprint density at radius 2 is 2.31 bits per heavy atom. The number of hydrogen-bond acceptors (Lipinski definition) is 3. The summed E-state index contributed by atoms with van der Waals surface area (Å²) in [5.41, 5.74) is 0. The Bertz CT molecular complexity index is 317. The molecule has 0 atom stereocenters. The number of likely N-dealkylation sites (N-methyl/N-ethyl adjacent to an activating group) is 1. The van der Waals surface area contributed by atoms with Gasteiger partial charge in [0.25, 0.3) is 0 Å². The molecule has 16 heavy (non-hydrogen) atoms. The first-order valence-electron chi connectivity index (χ1n) is 6.16. The van der Waals surface area contributed by atoms with E-state index >= 15 is 0 Å². The Labute approximate surface area is 97.7 Å². The van der Waals surface area contributed by atoms with Crippen molar-refractivity contribution in [3.05, 3.63) is 18.2 Å². The van der Waals surface area contributed by atoms with Crippen LogP contribution in [0.15, 0.2) is 12.4 Å². The molecule has 0 saturated heterocycles. The Hall–Kier alpha value is -0.870. The summed E-state index contributed by atoms with van der Waals surface area (Å²) in [5, 5.41) is 3.47. The van der Waals surface area contributed by atoms with E-state index in [9.17, 15) is 0 Å². The fourth-order valence-corrected chi connectivity index (χ4v) is 1.92. The lowest BCUT2D eigenvalue weighted by Gasteiger charge is -2.15. The van der Waals surface area contributed by atoms with E-state index in [0.29, 0.717) is 0 Å². The molecular formula is C12H22N4. The lowest BCUT2D eigenvalue weighted by Crippen LogP contribution is -2.32. The normalized spacial score (nSPS) is 15.9. The van der Waals surface area contributed by atoms with Gasteiger partial charge in [0.2, 0.25) is 0 Å². The molecule has 0 unspecified atom stereocenters. The zero-order valence-corrected chi connectivity index (χ0v) is 10.3. The van der Waals surface area contributed by atoms with Crippen LogP contribution in [0.4, 0.5) is 0 Å². The van der Waals surface area contributed by atoms with Gasteiger partial charge >= 0.3 is 0 Å². The minimum Gasteiger partial charge on any atom is -0.334 e. The summed E-state index contributed by atoms with van der Waals surface area (Å²) in [6.45, 7) is 6.32. The zero-order chi connectivity index (χ0) is 11.4. The van der Waals surface area contributed by atoms with Gasteiger partial charge in [-0.25, -0.2) is 4.98 Å². The van der Waals surface area contributed by atoms with Crippen molar-refractivity contribution in [2.75, 3.05) is 26.7 Å². The van der Waals surface area contributed by atoms with E-state index in [-0.39, 0.29) is 0 Å². The fraction of sp³-hybridized carbons (Fsp3) is 0.750. The standard InChI is InChI=1S/C12H22N4/c1-11-14-7-10-16(11)9-6-13-5-8-15(2)12-3-4-12/h7,10,12-13H,3-6,8-9H2,1-2H3. The molecular weight excluding hydrogens is 200 g/mol. The molecule has 1 aliphatic rings. The van der Waals surface area contributed by atoms with E-state index in [1.54, 1.807) is 0 Å². The molecule has 1 N–H and O–H groups in total. The lowest BCUT2D eigenvalue weighted by atomic mass is 10.5. The Morgan fingerprint density at radius 3 is 2.94 bits per heavy atom. The van der Waals surface area contributed by atoms with Crippen LogP contribution in [0.2, 0.25) is 0 Å². The predicted octanol–water partition coefficient (Wildman–Crippen LogP) is 0.875. The highest BCUT2D eigenvalue weighted by Crippen LogP contribution is 2.24. The van der Waals surface area contributed by atoms with Crippen LogP contribution in [0.1, 0.15) is 18.7 Å². The van der Waals surface area contributed by atoms with Crippen LogP contribution in [0.25, 0.3) is 0 Å². The molecule has 0 amide bonds. The van der Waals surface area contributed by atoms with Crippen molar-refractivity contribution in [1.82, 2.24) is 19.8 Å². The summed E-state index contributed by atoms with van der Waals surface area (Å²) >= 11 is 0. The van der Waals surface area contributed by atoms with Gasteiger partial charge in [0.05, 0.1) is 0 Å². The summed E-state index contributed by atoms with van der Waals surface area (Å²) in [7, 11) is 2.22. The van der Waals surface area contributed by atoms with E-state index in [1.807, 2.05) is 19.3 Å². The van der Waals surface area contributed by atoms with Crippen LogP contribution >= 0.6 is 0 Å². The molecule has 2 rings (SSSR count). The van der Waals surface area contributed by atoms with Crippen molar-refractivity contribution < 1.29 is 0 Å². The first-order valence-corrected chi connectivity index (χ1v) is 6.16. The Morgan fingerprint density at radius 1 is 1.50 bits per heavy atom. The van der Waals surface area contributed by atoms with Gasteiger partial charge in [0.1, 0.15) is 5.82 Å². The molecule has 0 radical (unpaired) electrons. The molecule has 0 aromatic carbocycles. The Balaban J connectivity index is 1.53. The minimum atomic E-state index is 0.873. The molecule has 0 spiro atoms. The van der Waals surface area contributed by atoms with Gasteiger partial charge < -0.3 is 14.8 Å². The van der Waals surface area contributed by atoms with Gasteiger partial charge in [-0.15, -0.1) is 0 Å². The van der Waals surface area contributed by atoms with Crippen molar-refractivity contribution in [2.24, 2.45) is 0 Å². The average molecular weight is 222 g/mol. The molecule has 0 aliphatic heterocycles. The maximum absolute atomic E-state index is 4.20. The Kier molecular flexibility index (Phi) is 3.96. The van der Waals surface area contributed by atoms with Gasteiger partial charge in [0.15, 0.2) is 0 Å². The van der Waals surface area contributed by atoms with Crippen LogP contribution in [-0.2, 0) is 6.54 Å². The molecule has 1 aromatic heterocycles. The molecule has 1 saturated carbocycles. The third-order valence-corrected chi connectivity index (χ3v) is 3.26. The van der Waals surface area contributed by atoms with Crippen molar-refractivity contribution in [3.63, 3.8) is 0 Å². The van der Waals surface area contributed by atoms with E-state index in [4.69, 9.17) is 0 Å². The van der Waals surface area contributed by atoms with E-state index in [0.717, 1.165) is 38.0 Å². The predicted molar refractivity (Wildman–Crippen MR) is 65.5 cm³/mol. The number of hydrogen-bond donors (Lipinski definition) is 1.